The van der Waals surface area contributed by atoms with Crippen molar-refractivity contribution in [3.63, 3.8) is 0 Å². The van der Waals surface area contributed by atoms with Gasteiger partial charge in [0.1, 0.15) is 0 Å². The number of rotatable bonds is 4. The summed E-state index contributed by atoms with van der Waals surface area (Å²) in [5, 5.41) is 2.85. The van der Waals surface area contributed by atoms with E-state index in [1.807, 2.05) is 6.92 Å². The molecule has 0 aliphatic carbocycles. The fourth-order valence-electron chi connectivity index (χ4n) is 1.53. The molecule has 1 rings (SSSR count). The summed E-state index contributed by atoms with van der Waals surface area (Å²) in [5.41, 5.74) is 3.35. The molecule has 0 unspecified atom stereocenters. The quantitative estimate of drug-likeness (QED) is 0.802. The summed E-state index contributed by atoms with van der Waals surface area (Å²) in [5.74, 6) is -0.00857. The summed E-state index contributed by atoms with van der Waals surface area (Å²) < 4.78 is 0. The van der Waals surface area contributed by atoms with Crippen molar-refractivity contribution in [1.29, 1.82) is 0 Å². The van der Waals surface area contributed by atoms with Gasteiger partial charge in [-0.1, -0.05) is 25.5 Å². The maximum atomic E-state index is 11.0. The Labute approximate surface area is 91.7 Å². The molecular formula is C13H19NO. The normalized spacial score (nSPS) is 10.1. The molecular weight excluding hydrogens is 186 g/mol. The molecule has 0 radical (unpaired) electrons. The van der Waals surface area contributed by atoms with Crippen LogP contribution >= 0.6 is 0 Å². The minimum atomic E-state index is -0.00857. The topological polar surface area (TPSA) is 29.1 Å². The molecule has 1 amide bonds. The molecule has 2 heteroatoms. The van der Waals surface area contributed by atoms with E-state index in [4.69, 9.17) is 0 Å². The van der Waals surface area contributed by atoms with Crippen molar-refractivity contribution in [3.05, 3.63) is 29.3 Å². The zero-order chi connectivity index (χ0) is 11.3. The highest BCUT2D eigenvalue weighted by Crippen LogP contribution is 2.18. The number of hydrogen-bond acceptors (Lipinski definition) is 1. The van der Waals surface area contributed by atoms with E-state index in [9.17, 15) is 4.79 Å². The van der Waals surface area contributed by atoms with E-state index in [0.717, 1.165) is 17.7 Å². The minimum Gasteiger partial charge on any atom is -0.326 e. The van der Waals surface area contributed by atoms with Gasteiger partial charge >= 0.3 is 0 Å². The smallest absolute Gasteiger partial charge is 0.221 e. The first kappa shape index (κ1) is 11.8. The van der Waals surface area contributed by atoms with Gasteiger partial charge in [0.25, 0.3) is 0 Å². The van der Waals surface area contributed by atoms with Gasteiger partial charge in [-0.15, -0.1) is 0 Å². The standard InChI is InChI=1S/C13H19NO/c1-4-5-6-12-8-7-10(2)13(9-12)14-11(3)15/h7-9H,4-6H2,1-3H3,(H,14,15). The van der Waals surface area contributed by atoms with Crippen molar-refractivity contribution in [2.45, 2.75) is 40.0 Å². The van der Waals surface area contributed by atoms with Crippen molar-refractivity contribution >= 4 is 11.6 Å². The van der Waals surface area contributed by atoms with Crippen LogP contribution in [-0.4, -0.2) is 5.91 Å². The third-order valence-electron chi connectivity index (χ3n) is 2.43. The van der Waals surface area contributed by atoms with Crippen molar-refractivity contribution < 1.29 is 4.79 Å². The molecule has 0 saturated carbocycles. The molecule has 2 nitrogen and oxygen atoms in total. The zero-order valence-corrected chi connectivity index (χ0v) is 9.76. The van der Waals surface area contributed by atoms with Crippen LogP contribution in [0.1, 0.15) is 37.8 Å². The van der Waals surface area contributed by atoms with Gasteiger partial charge in [-0.3, -0.25) is 4.79 Å². The van der Waals surface area contributed by atoms with E-state index in [1.54, 1.807) is 0 Å². The molecule has 0 aliphatic rings. The van der Waals surface area contributed by atoms with E-state index >= 15 is 0 Å². The molecule has 0 heterocycles. The Balaban J connectivity index is 2.80. The summed E-state index contributed by atoms with van der Waals surface area (Å²) in [7, 11) is 0. The van der Waals surface area contributed by atoms with Crippen molar-refractivity contribution in [3.8, 4) is 0 Å². The molecule has 0 saturated heterocycles. The van der Waals surface area contributed by atoms with Crippen LogP contribution in [0.25, 0.3) is 0 Å². The molecule has 0 aliphatic heterocycles. The van der Waals surface area contributed by atoms with Gasteiger partial charge in [0.15, 0.2) is 0 Å². The molecule has 15 heavy (non-hydrogen) atoms. The second-order valence-electron chi connectivity index (χ2n) is 3.93. The van der Waals surface area contributed by atoms with Gasteiger partial charge in [-0.25, -0.2) is 0 Å². The summed E-state index contributed by atoms with van der Waals surface area (Å²) in [4.78, 5) is 11.0. The summed E-state index contributed by atoms with van der Waals surface area (Å²) in [6.07, 6.45) is 3.48. The molecule has 0 bridgehead atoms. The highest BCUT2D eigenvalue weighted by Gasteiger charge is 2.01. The van der Waals surface area contributed by atoms with Crippen molar-refractivity contribution in [1.82, 2.24) is 0 Å². The lowest BCUT2D eigenvalue weighted by molar-refractivity contribution is -0.114. The molecule has 1 N–H and O–H groups in total. The monoisotopic (exact) mass is 205 g/mol. The number of benzene rings is 1. The first-order valence-corrected chi connectivity index (χ1v) is 5.50. The van der Waals surface area contributed by atoms with Gasteiger partial charge < -0.3 is 5.32 Å². The lowest BCUT2D eigenvalue weighted by atomic mass is 10.1. The van der Waals surface area contributed by atoms with E-state index < -0.39 is 0 Å². The molecule has 0 spiro atoms. The third kappa shape index (κ3) is 3.74. The number of hydrogen-bond donors (Lipinski definition) is 1. The molecule has 1 aromatic carbocycles. The number of unbranched alkanes of at least 4 members (excludes halogenated alkanes) is 1. The van der Waals surface area contributed by atoms with Crippen LogP contribution in [0, 0.1) is 6.92 Å². The lowest BCUT2D eigenvalue weighted by Gasteiger charge is -2.08. The Morgan fingerprint density at radius 3 is 2.73 bits per heavy atom. The van der Waals surface area contributed by atoms with Crippen molar-refractivity contribution in [2.24, 2.45) is 0 Å². The molecule has 0 aromatic heterocycles. The minimum absolute atomic E-state index is 0.00857. The van der Waals surface area contributed by atoms with Gasteiger partial charge in [0.2, 0.25) is 5.91 Å². The summed E-state index contributed by atoms with van der Waals surface area (Å²) in [6, 6.07) is 6.28. The van der Waals surface area contributed by atoms with Gasteiger partial charge in [0.05, 0.1) is 0 Å². The SMILES string of the molecule is CCCCc1ccc(C)c(NC(C)=O)c1. The van der Waals surface area contributed by atoms with Crippen LogP contribution in [0.15, 0.2) is 18.2 Å². The number of nitrogens with one attached hydrogen (secondary N) is 1. The second kappa shape index (κ2) is 5.54. The van der Waals surface area contributed by atoms with Crippen LogP contribution in [0.4, 0.5) is 5.69 Å². The molecule has 0 fully saturated rings. The predicted octanol–water partition coefficient (Wildman–Crippen LogP) is 3.30. The molecule has 82 valence electrons. The van der Waals surface area contributed by atoms with E-state index in [2.05, 4.69) is 30.4 Å². The number of carbonyl (C=O) groups excluding carboxylic acids is 1. The fraction of sp³-hybridized carbons (Fsp3) is 0.462. The van der Waals surface area contributed by atoms with Crippen LogP contribution in [0.2, 0.25) is 0 Å². The lowest BCUT2D eigenvalue weighted by Crippen LogP contribution is -2.07. The summed E-state index contributed by atoms with van der Waals surface area (Å²) in [6.45, 7) is 5.73. The maximum absolute atomic E-state index is 11.0. The largest absolute Gasteiger partial charge is 0.326 e. The van der Waals surface area contributed by atoms with E-state index in [0.29, 0.717) is 0 Å². The number of carbonyl (C=O) groups is 1. The van der Waals surface area contributed by atoms with Crippen LogP contribution in [0.5, 0.6) is 0 Å². The average Bonchev–Trinajstić information content (AvgIpc) is 2.18. The first-order chi connectivity index (χ1) is 7.13. The van der Waals surface area contributed by atoms with E-state index in [1.165, 1.54) is 25.3 Å². The van der Waals surface area contributed by atoms with Gasteiger partial charge in [-0.05, 0) is 37.0 Å². The maximum Gasteiger partial charge on any atom is 0.221 e. The fourth-order valence-corrected chi connectivity index (χ4v) is 1.53. The molecule has 0 atom stereocenters. The van der Waals surface area contributed by atoms with Gasteiger partial charge in [0, 0.05) is 12.6 Å². The summed E-state index contributed by atoms with van der Waals surface area (Å²) >= 11 is 0. The highest BCUT2D eigenvalue weighted by atomic mass is 16.1. The van der Waals surface area contributed by atoms with Crippen LogP contribution in [-0.2, 0) is 11.2 Å². The predicted molar refractivity (Wildman–Crippen MR) is 64.1 cm³/mol. The Kier molecular flexibility index (Phi) is 4.35. The molecule has 1 aromatic rings. The average molecular weight is 205 g/mol. The van der Waals surface area contributed by atoms with Gasteiger partial charge in [-0.2, -0.15) is 0 Å². The Hall–Kier alpha value is -1.31. The van der Waals surface area contributed by atoms with Crippen LogP contribution < -0.4 is 5.32 Å². The van der Waals surface area contributed by atoms with E-state index in [-0.39, 0.29) is 5.91 Å². The highest BCUT2D eigenvalue weighted by molar-refractivity contribution is 5.89. The van der Waals surface area contributed by atoms with Crippen molar-refractivity contribution in [2.75, 3.05) is 5.32 Å². The number of anilines is 1. The number of amides is 1. The first-order valence-electron chi connectivity index (χ1n) is 5.50. The second-order valence-corrected chi connectivity index (χ2v) is 3.93. The Bertz CT molecular complexity index is 344. The van der Waals surface area contributed by atoms with Crippen LogP contribution in [0.3, 0.4) is 0 Å². The Morgan fingerprint density at radius 2 is 2.13 bits per heavy atom. The zero-order valence-electron chi connectivity index (χ0n) is 9.76. The Morgan fingerprint density at radius 1 is 1.40 bits per heavy atom. The third-order valence-corrected chi connectivity index (χ3v) is 2.43. The number of aryl methyl sites for hydroxylation is 2.